The lowest BCUT2D eigenvalue weighted by Crippen LogP contribution is -2.34. The Morgan fingerprint density at radius 3 is 2.24 bits per heavy atom. The topological polar surface area (TPSA) is 12.0 Å². The molecule has 21 heavy (non-hydrogen) atoms. The summed E-state index contributed by atoms with van der Waals surface area (Å²) in [5.41, 5.74) is 3.57. The molecule has 0 heterocycles. The Bertz CT molecular complexity index is 450. The van der Waals surface area contributed by atoms with Gasteiger partial charge in [0, 0.05) is 6.04 Å². The molecular formula is C20H33N. The van der Waals surface area contributed by atoms with E-state index >= 15 is 0 Å². The third-order valence-corrected chi connectivity index (χ3v) is 5.30. The minimum atomic E-state index is 0.235. The van der Waals surface area contributed by atoms with Crippen LogP contribution in [0, 0.1) is 11.3 Å². The highest BCUT2D eigenvalue weighted by Gasteiger charge is 2.39. The highest BCUT2D eigenvalue weighted by atomic mass is 14.9. The molecule has 0 spiro atoms. The van der Waals surface area contributed by atoms with Crippen LogP contribution in [0.1, 0.15) is 78.0 Å². The molecule has 1 aromatic rings. The summed E-state index contributed by atoms with van der Waals surface area (Å²) in [5.74, 6) is 0.748. The molecule has 1 N–H and O–H groups in total. The molecule has 1 aromatic carbocycles. The minimum absolute atomic E-state index is 0.235. The lowest BCUT2D eigenvalue weighted by atomic mass is 9.75. The van der Waals surface area contributed by atoms with Gasteiger partial charge in [-0.3, -0.25) is 0 Å². The normalized spacial score (nSPS) is 23.2. The van der Waals surface area contributed by atoms with E-state index in [1.165, 1.54) is 30.4 Å². The average Bonchev–Trinajstić information content (AvgIpc) is 2.75. The Morgan fingerprint density at radius 2 is 1.81 bits per heavy atom. The highest BCUT2D eigenvalue weighted by molar-refractivity contribution is 5.30. The molecule has 0 bridgehead atoms. The van der Waals surface area contributed by atoms with Gasteiger partial charge in [0.05, 0.1) is 0 Å². The van der Waals surface area contributed by atoms with Gasteiger partial charge < -0.3 is 5.32 Å². The molecule has 1 aliphatic carbocycles. The Hall–Kier alpha value is -0.820. The molecule has 0 aliphatic heterocycles. The van der Waals surface area contributed by atoms with Gasteiger partial charge in [-0.05, 0) is 47.3 Å². The van der Waals surface area contributed by atoms with Gasteiger partial charge in [-0.15, -0.1) is 0 Å². The summed E-state index contributed by atoms with van der Waals surface area (Å²) >= 11 is 0. The zero-order chi connectivity index (χ0) is 15.7. The van der Waals surface area contributed by atoms with E-state index in [2.05, 4.69) is 71.1 Å². The first-order chi connectivity index (χ1) is 9.75. The number of nitrogens with one attached hydrogen (secondary N) is 1. The first kappa shape index (κ1) is 16.5. The maximum Gasteiger partial charge on any atom is 0.0353 e. The molecular weight excluding hydrogens is 254 g/mol. The second-order valence-electron chi connectivity index (χ2n) is 8.39. The van der Waals surface area contributed by atoms with E-state index in [0.717, 1.165) is 12.5 Å². The molecule has 0 amide bonds. The highest BCUT2D eigenvalue weighted by Crippen LogP contribution is 2.48. The van der Waals surface area contributed by atoms with E-state index in [0.29, 0.717) is 11.5 Å². The van der Waals surface area contributed by atoms with E-state index < -0.39 is 0 Å². The second kappa shape index (κ2) is 6.12. The molecule has 0 radical (unpaired) electrons. The standard InChI is InChI=1S/C20H33N/c1-7-21-18(17-9-8-14-20(17,5)6)15-10-12-16(13-11-15)19(2,3)4/h10-13,17-18,21H,7-9,14H2,1-6H3. The van der Waals surface area contributed by atoms with E-state index in [1.807, 2.05) is 0 Å². The van der Waals surface area contributed by atoms with Crippen LogP contribution < -0.4 is 5.32 Å². The van der Waals surface area contributed by atoms with Gasteiger partial charge in [-0.2, -0.15) is 0 Å². The van der Waals surface area contributed by atoms with E-state index in [1.54, 1.807) is 0 Å². The first-order valence-electron chi connectivity index (χ1n) is 8.59. The predicted octanol–water partition coefficient (Wildman–Crippen LogP) is 5.46. The number of benzene rings is 1. The van der Waals surface area contributed by atoms with Gasteiger partial charge in [-0.25, -0.2) is 0 Å². The van der Waals surface area contributed by atoms with Crippen molar-refractivity contribution >= 4 is 0 Å². The Balaban J connectivity index is 2.26. The van der Waals surface area contributed by atoms with Crippen LogP contribution >= 0.6 is 0 Å². The number of rotatable bonds is 4. The van der Waals surface area contributed by atoms with Gasteiger partial charge in [0.2, 0.25) is 0 Å². The van der Waals surface area contributed by atoms with Crippen molar-refractivity contribution in [2.75, 3.05) is 6.54 Å². The van der Waals surface area contributed by atoms with E-state index in [4.69, 9.17) is 0 Å². The quantitative estimate of drug-likeness (QED) is 0.775. The summed E-state index contributed by atoms with van der Waals surface area (Å²) in [4.78, 5) is 0. The number of hydrogen-bond donors (Lipinski definition) is 1. The zero-order valence-corrected chi connectivity index (χ0v) is 14.8. The molecule has 2 rings (SSSR count). The second-order valence-corrected chi connectivity index (χ2v) is 8.39. The van der Waals surface area contributed by atoms with Gasteiger partial charge in [0.1, 0.15) is 0 Å². The Kier molecular flexibility index (Phi) is 4.82. The van der Waals surface area contributed by atoms with Crippen LogP contribution in [0.5, 0.6) is 0 Å². The summed E-state index contributed by atoms with van der Waals surface area (Å²) in [6.45, 7) is 15.0. The van der Waals surface area contributed by atoms with Crippen molar-refractivity contribution in [2.45, 2.75) is 72.3 Å². The lowest BCUT2D eigenvalue weighted by Gasteiger charge is -2.35. The average molecular weight is 287 g/mol. The van der Waals surface area contributed by atoms with Crippen molar-refractivity contribution in [1.29, 1.82) is 0 Å². The molecule has 1 heteroatoms. The van der Waals surface area contributed by atoms with Crippen LogP contribution in [0.4, 0.5) is 0 Å². The van der Waals surface area contributed by atoms with Crippen LogP contribution in [0.2, 0.25) is 0 Å². The molecule has 1 fully saturated rings. The fourth-order valence-electron chi connectivity index (χ4n) is 3.87. The first-order valence-corrected chi connectivity index (χ1v) is 8.59. The van der Waals surface area contributed by atoms with Crippen LogP contribution in [-0.4, -0.2) is 6.54 Å². The maximum atomic E-state index is 3.75. The minimum Gasteiger partial charge on any atom is -0.310 e. The van der Waals surface area contributed by atoms with Crippen LogP contribution in [-0.2, 0) is 5.41 Å². The van der Waals surface area contributed by atoms with Gasteiger partial charge >= 0.3 is 0 Å². The Labute approximate surface area is 131 Å². The summed E-state index contributed by atoms with van der Waals surface area (Å²) in [6, 6.07) is 9.84. The molecule has 1 aliphatic rings. The van der Waals surface area contributed by atoms with Crippen molar-refractivity contribution in [3.05, 3.63) is 35.4 Å². The maximum absolute atomic E-state index is 3.75. The fraction of sp³-hybridized carbons (Fsp3) is 0.700. The largest absolute Gasteiger partial charge is 0.310 e. The summed E-state index contributed by atoms with van der Waals surface area (Å²) in [6.07, 6.45) is 4.09. The lowest BCUT2D eigenvalue weighted by molar-refractivity contribution is 0.199. The smallest absolute Gasteiger partial charge is 0.0353 e. The fourth-order valence-corrected chi connectivity index (χ4v) is 3.87. The Morgan fingerprint density at radius 1 is 1.19 bits per heavy atom. The van der Waals surface area contributed by atoms with Crippen molar-refractivity contribution < 1.29 is 0 Å². The molecule has 0 aromatic heterocycles. The third kappa shape index (κ3) is 3.69. The van der Waals surface area contributed by atoms with Crippen molar-refractivity contribution in [1.82, 2.24) is 5.32 Å². The van der Waals surface area contributed by atoms with Crippen LogP contribution in [0.25, 0.3) is 0 Å². The van der Waals surface area contributed by atoms with Gasteiger partial charge in [0.15, 0.2) is 0 Å². The molecule has 2 atom stereocenters. The summed E-state index contributed by atoms with van der Waals surface area (Å²) in [5, 5.41) is 3.75. The van der Waals surface area contributed by atoms with Crippen LogP contribution in [0.3, 0.4) is 0 Å². The van der Waals surface area contributed by atoms with Crippen molar-refractivity contribution in [3.63, 3.8) is 0 Å². The number of hydrogen-bond acceptors (Lipinski definition) is 1. The van der Waals surface area contributed by atoms with Gasteiger partial charge in [0.25, 0.3) is 0 Å². The molecule has 118 valence electrons. The summed E-state index contributed by atoms with van der Waals surface area (Å²) in [7, 11) is 0. The van der Waals surface area contributed by atoms with E-state index in [-0.39, 0.29) is 5.41 Å². The SMILES string of the molecule is CCNC(c1ccc(C(C)(C)C)cc1)C1CCCC1(C)C. The summed E-state index contributed by atoms with van der Waals surface area (Å²) < 4.78 is 0. The van der Waals surface area contributed by atoms with Crippen molar-refractivity contribution in [3.8, 4) is 0 Å². The van der Waals surface area contributed by atoms with Crippen LogP contribution in [0.15, 0.2) is 24.3 Å². The molecule has 1 nitrogen and oxygen atoms in total. The van der Waals surface area contributed by atoms with E-state index in [9.17, 15) is 0 Å². The third-order valence-electron chi connectivity index (χ3n) is 5.30. The molecule has 2 unspecified atom stereocenters. The zero-order valence-electron chi connectivity index (χ0n) is 14.8. The van der Waals surface area contributed by atoms with Gasteiger partial charge in [-0.1, -0.05) is 72.2 Å². The van der Waals surface area contributed by atoms with Crippen molar-refractivity contribution in [2.24, 2.45) is 11.3 Å². The molecule has 1 saturated carbocycles. The predicted molar refractivity (Wildman–Crippen MR) is 92.7 cm³/mol. The molecule has 0 saturated heterocycles. The monoisotopic (exact) mass is 287 g/mol.